The summed E-state index contributed by atoms with van der Waals surface area (Å²) in [5, 5.41) is 25.9. The van der Waals surface area contributed by atoms with Crippen molar-refractivity contribution < 1.29 is 50.9 Å². The van der Waals surface area contributed by atoms with Crippen molar-refractivity contribution in [1.82, 2.24) is 0 Å². The zero-order valence-electron chi connectivity index (χ0n) is 21.5. The maximum Gasteiger partial charge on any atom is 0.490 e. The fraction of sp³-hybridized carbons (Fsp3) is 0.0741. The molecule has 0 spiro atoms. The van der Waals surface area contributed by atoms with Crippen molar-refractivity contribution in [3.8, 4) is 17.2 Å². The van der Waals surface area contributed by atoms with Crippen LogP contribution in [0.25, 0.3) is 10.8 Å². The molecule has 0 unspecified atom stereocenters. The highest BCUT2D eigenvalue weighted by Gasteiger charge is 2.38. The third-order valence-corrected chi connectivity index (χ3v) is 7.46. The van der Waals surface area contributed by atoms with Gasteiger partial charge in [-0.15, -0.1) is 0 Å². The number of halogens is 3. The van der Waals surface area contributed by atoms with Crippen molar-refractivity contribution in [3.05, 3.63) is 83.9 Å². The number of benzene rings is 4. The van der Waals surface area contributed by atoms with Crippen molar-refractivity contribution in [1.29, 1.82) is 5.41 Å². The van der Waals surface area contributed by atoms with Gasteiger partial charge in [0, 0.05) is 5.56 Å². The Morgan fingerprint density at radius 2 is 1.43 bits per heavy atom. The SMILES string of the molecule is COc1ccc(S(=O)(=O)c2ccc(C(=O)O)c(Oc3ccc4cc(C(=N)N)ccc4c3)c2N)cc1.O=C(O)C(F)(F)F. The van der Waals surface area contributed by atoms with Crippen LogP contribution in [0.1, 0.15) is 15.9 Å². The van der Waals surface area contributed by atoms with E-state index in [2.05, 4.69) is 0 Å². The first-order chi connectivity index (χ1) is 19.6. The van der Waals surface area contributed by atoms with Gasteiger partial charge in [0.15, 0.2) is 5.75 Å². The van der Waals surface area contributed by atoms with E-state index in [4.69, 9.17) is 36.3 Å². The average molecular weight is 606 g/mol. The lowest BCUT2D eigenvalue weighted by Gasteiger charge is -2.16. The number of sulfone groups is 1. The third-order valence-electron chi connectivity index (χ3n) is 5.63. The van der Waals surface area contributed by atoms with Crippen LogP contribution in [-0.4, -0.2) is 49.7 Å². The average Bonchev–Trinajstić information content (AvgIpc) is 2.93. The standard InChI is InChI=1S/C25H21N3O6S.C2HF3O2/c1-33-17-6-8-19(9-7-17)35(31,32)21-11-10-20(25(29)30)23(22(21)26)34-18-5-4-14-12-16(24(27)28)3-2-15(14)13-18;3-2(4,5)1(6)7/h2-13H,26H2,1H3,(H3,27,28)(H,29,30);(H,6,7). The Morgan fingerprint density at radius 1 is 0.881 bits per heavy atom. The number of methoxy groups -OCH3 is 1. The summed E-state index contributed by atoms with van der Waals surface area (Å²) in [6.45, 7) is 0. The molecule has 0 aliphatic rings. The Morgan fingerprint density at radius 3 is 1.95 bits per heavy atom. The Bertz CT molecular complexity index is 1790. The third kappa shape index (κ3) is 6.87. The Hall–Kier alpha value is -5.31. The number of nitrogens with two attached hydrogens (primary N) is 2. The predicted molar refractivity (Wildman–Crippen MR) is 145 cm³/mol. The van der Waals surface area contributed by atoms with E-state index in [1.165, 1.54) is 31.4 Å². The molecule has 0 saturated heterocycles. The van der Waals surface area contributed by atoms with E-state index in [9.17, 15) is 31.5 Å². The van der Waals surface area contributed by atoms with Crippen LogP contribution < -0.4 is 20.9 Å². The molecule has 15 heteroatoms. The molecule has 0 amide bonds. The summed E-state index contributed by atoms with van der Waals surface area (Å²) in [6, 6.07) is 18.1. The molecule has 0 aliphatic carbocycles. The summed E-state index contributed by atoms with van der Waals surface area (Å²) in [4.78, 5) is 20.4. The number of carboxylic acid groups (broad SMARTS) is 2. The molecule has 0 aromatic heterocycles. The normalized spacial score (nSPS) is 11.2. The smallest absolute Gasteiger partial charge is 0.490 e. The van der Waals surface area contributed by atoms with Gasteiger partial charge in [0.25, 0.3) is 0 Å². The number of aromatic carboxylic acids is 1. The van der Waals surface area contributed by atoms with Crippen LogP contribution in [0, 0.1) is 5.41 Å². The zero-order chi connectivity index (χ0) is 31.4. The van der Waals surface area contributed by atoms with Gasteiger partial charge in [0.05, 0.1) is 22.6 Å². The number of alkyl halides is 3. The summed E-state index contributed by atoms with van der Waals surface area (Å²) in [5.74, 6) is -3.71. The minimum absolute atomic E-state index is 0.0361. The maximum absolute atomic E-state index is 13.3. The van der Waals surface area contributed by atoms with E-state index in [-0.39, 0.29) is 38.4 Å². The molecule has 220 valence electrons. The van der Waals surface area contributed by atoms with Gasteiger partial charge in [-0.05, 0) is 65.4 Å². The number of nitrogen functional groups attached to an aromatic ring is 2. The van der Waals surface area contributed by atoms with Gasteiger partial charge in [0.2, 0.25) is 9.84 Å². The van der Waals surface area contributed by atoms with Gasteiger partial charge in [-0.1, -0.05) is 18.2 Å². The number of ether oxygens (including phenoxy) is 2. The van der Waals surface area contributed by atoms with Crippen molar-refractivity contribution >= 4 is 44.1 Å². The lowest BCUT2D eigenvalue weighted by Crippen LogP contribution is -2.21. The van der Waals surface area contributed by atoms with Gasteiger partial charge < -0.3 is 31.2 Å². The largest absolute Gasteiger partial charge is 0.497 e. The van der Waals surface area contributed by atoms with E-state index in [0.717, 1.165) is 22.9 Å². The quantitative estimate of drug-likeness (QED) is 0.112. The fourth-order valence-corrected chi connectivity index (χ4v) is 4.93. The van der Waals surface area contributed by atoms with Crippen LogP contribution in [0.3, 0.4) is 0 Å². The van der Waals surface area contributed by atoms with Crippen LogP contribution >= 0.6 is 0 Å². The molecule has 42 heavy (non-hydrogen) atoms. The number of rotatable bonds is 7. The Kier molecular flexibility index (Phi) is 8.96. The summed E-state index contributed by atoms with van der Waals surface area (Å²) < 4.78 is 69.1. The van der Waals surface area contributed by atoms with E-state index in [1.807, 2.05) is 0 Å². The van der Waals surface area contributed by atoms with Crippen molar-refractivity contribution in [3.63, 3.8) is 0 Å². The summed E-state index contributed by atoms with van der Waals surface area (Å²) in [5.41, 5.74) is 11.7. The summed E-state index contributed by atoms with van der Waals surface area (Å²) >= 11 is 0. The number of anilines is 1. The first-order valence-corrected chi connectivity index (χ1v) is 13.0. The number of amidine groups is 1. The zero-order valence-corrected chi connectivity index (χ0v) is 22.3. The van der Waals surface area contributed by atoms with E-state index >= 15 is 0 Å². The molecule has 0 radical (unpaired) electrons. The highest BCUT2D eigenvalue weighted by molar-refractivity contribution is 7.91. The summed E-state index contributed by atoms with van der Waals surface area (Å²) in [7, 11) is -2.62. The number of hydrogen-bond donors (Lipinski definition) is 5. The van der Waals surface area contributed by atoms with Crippen LogP contribution in [-0.2, 0) is 14.6 Å². The molecule has 7 N–H and O–H groups in total. The second kappa shape index (κ2) is 12.1. The first kappa shape index (κ1) is 31.2. The predicted octanol–water partition coefficient (Wildman–Crippen LogP) is 4.67. The van der Waals surface area contributed by atoms with E-state index < -0.39 is 28.0 Å². The second-order valence-corrected chi connectivity index (χ2v) is 10.3. The minimum Gasteiger partial charge on any atom is -0.497 e. The monoisotopic (exact) mass is 605 g/mol. The summed E-state index contributed by atoms with van der Waals surface area (Å²) in [6.07, 6.45) is -5.08. The molecule has 0 saturated carbocycles. The number of fused-ring (bicyclic) bond motifs is 1. The molecular formula is C27H22F3N3O8S. The molecular weight excluding hydrogens is 583 g/mol. The maximum atomic E-state index is 13.3. The van der Waals surface area contributed by atoms with Crippen LogP contribution in [0.5, 0.6) is 17.2 Å². The fourth-order valence-electron chi connectivity index (χ4n) is 3.55. The number of hydrogen-bond acceptors (Lipinski definition) is 8. The number of carbonyl (C=O) groups is 2. The van der Waals surface area contributed by atoms with Gasteiger partial charge in [-0.3, -0.25) is 5.41 Å². The molecule has 0 aliphatic heterocycles. The highest BCUT2D eigenvalue weighted by atomic mass is 32.2. The molecule has 0 bridgehead atoms. The molecule has 0 atom stereocenters. The molecule has 4 aromatic carbocycles. The van der Waals surface area contributed by atoms with Gasteiger partial charge in [-0.25, -0.2) is 18.0 Å². The van der Waals surface area contributed by atoms with Crippen LogP contribution in [0.2, 0.25) is 0 Å². The highest BCUT2D eigenvalue weighted by Crippen LogP contribution is 2.39. The molecule has 0 fully saturated rings. The van der Waals surface area contributed by atoms with E-state index in [0.29, 0.717) is 11.3 Å². The van der Waals surface area contributed by atoms with Gasteiger partial charge in [-0.2, -0.15) is 13.2 Å². The molecule has 11 nitrogen and oxygen atoms in total. The van der Waals surface area contributed by atoms with Crippen molar-refractivity contribution in [2.75, 3.05) is 12.8 Å². The minimum atomic E-state index is -5.08. The van der Waals surface area contributed by atoms with Crippen LogP contribution in [0.4, 0.5) is 18.9 Å². The molecule has 0 heterocycles. The number of carboxylic acids is 2. The molecule has 4 aromatic rings. The lowest BCUT2D eigenvalue weighted by atomic mass is 10.1. The van der Waals surface area contributed by atoms with Crippen molar-refractivity contribution in [2.24, 2.45) is 5.73 Å². The second-order valence-electron chi connectivity index (χ2n) is 8.38. The van der Waals surface area contributed by atoms with Gasteiger partial charge >= 0.3 is 18.1 Å². The topological polar surface area (TPSA) is 203 Å². The Balaban J connectivity index is 0.000000616. The number of nitrogens with one attached hydrogen (secondary N) is 1. The lowest BCUT2D eigenvalue weighted by molar-refractivity contribution is -0.192. The Labute approximate surface area is 236 Å². The van der Waals surface area contributed by atoms with Crippen LogP contribution in [0.15, 0.2) is 82.6 Å². The molecule has 4 rings (SSSR count). The first-order valence-electron chi connectivity index (χ1n) is 11.5. The van der Waals surface area contributed by atoms with E-state index in [1.54, 1.807) is 36.4 Å². The van der Waals surface area contributed by atoms with Gasteiger partial charge in [0.1, 0.15) is 22.9 Å². The number of aliphatic carboxylic acids is 1. The van der Waals surface area contributed by atoms with Crippen molar-refractivity contribution in [2.45, 2.75) is 16.0 Å².